The first-order chi connectivity index (χ1) is 12.8. The van der Waals surface area contributed by atoms with E-state index in [9.17, 15) is 13.2 Å². The van der Waals surface area contributed by atoms with Crippen LogP contribution in [0.4, 0.5) is 0 Å². The first-order valence-corrected chi connectivity index (χ1v) is 11.0. The fourth-order valence-electron chi connectivity index (χ4n) is 3.28. The number of hydrogen-bond acceptors (Lipinski definition) is 5. The first-order valence-electron chi connectivity index (χ1n) is 7.98. The number of hydrogen-bond donors (Lipinski definition) is 1. The predicted molar refractivity (Wildman–Crippen MR) is 105 cm³/mol. The number of nitrogens with zero attached hydrogens (tertiary/aromatic N) is 1. The number of nitrogens with one attached hydrogen (secondary N) is 1. The molecule has 0 saturated carbocycles. The number of rotatable bonds is 3. The minimum absolute atomic E-state index is 0.0257. The number of aromatic amines is 1. The molecule has 2 aromatic heterocycles. The number of halogens is 2. The van der Waals surface area contributed by atoms with Crippen LogP contribution in [0.25, 0.3) is 10.9 Å². The molecule has 1 aromatic carbocycles. The van der Waals surface area contributed by atoms with Crippen molar-refractivity contribution in [1.29, 1.82) is 0 Å². The molecule has 0 unspecified atom stereocenters. The summed E-state index contributed by atoms with van der Waals surface area (Å²) in [5, 5.41) is 0.808. The molecular formula is C17H14Cl2N2O4S2. The molecular weight excluding hydrogens is 431 g/mol. The van der Waals surface area contributed by atoms with Gasteiger partial charge in [-0.25, -0.2) is 13.2 Å². The molecule has 3 heterocycles. The minimum Gasteiger partial charge on any atom is -0.465 e. The Morgan fingerprint density at radius 1 is 1.30 bits per heavy atom. The van der Waals surface area contributed by atoms with Crippen LogP contribution in [0, 0.1) is 0 Å². The SMILES string of the molecule is COC(=O)c1ccc2[nH]c3c(c2c1)CN(S(=O)(=O)c1cc(Cl)sc1Cl)CC3. The second kappa shape index (κ2) is 6.79. The summed E-state index contributed by atoms with van der Waals surface area (Å²) in [7, 11) is -2.45. The molecule has 142 valence electrons. The third-order valence-electron chi connectivity index (χ3n) is 4.60. The molecule has 0 aliphatic carbocycles. The quantitative estimate of drug-likeness (QED) is 0.617. The second-order valence-electron chi connectivity index (χ2n) is 6.11. The number of fused-ring (bicyclic) bond motifs is 3. The second-order valence-corrected chi connectivity index (χ2v) is 10.3. The molecule has 0 fully saturated rings. The topological polar surface area (TPSA) is 79.5 Å². The number of carbonyl (C=O) groups is 1. The average molecular weight is 445 g/mol. The molecule has 0 amide bonds. The molecule has 1 aliphatic rings. The summed E-state index contributed by atoms with van der Waals surface area (Å²) >= 11 is 13.0. The van der Waals surface area contributed by atoms with E-state index in [-0.39, 0.29) is 15.8 Å². The summed E-state index contributed by atoms with van der Waals surface area (Å²) in [6.07, 6.45) is 0.534. The maximum atomic E-state index is 13.0. The lowest BCUT2D eigenvalue weighted by atomic mass is 10.0. The number of carbonyl (C=O) groups excluding carboxylic acids is 1. The van der Waals surface area contributed by atoms with Gasteiger partial charge < -0.3 is 9.72 Å². The maximum absolute atomic E-state index is 13.0. The van der Waals surface area contributed by atoms with Gasteiger partial charge in [0.1, 0.15) is 9.23 Å². The lowest BCUT2D eigenvalue weighted by molar-refractivity contribution is 0.0601. The van der Waals surface area contributed by atoms with Gasteiger partial charge >= 0.3 is 5.97 Å². The number of sulfonamides is 1. The van der Waals surface area contributed by atoms with E-state index in [0.29, 0.717) is 22.9 Å². The first kappa shape index (κ1) is 18.8. The zero-order valence-electron chi connectivity index (χ0n) is 14.1. The lowest BCUT2D eigenvalue weighted by Crippen LogP contribution is -2.35. The van der Waals surface area contributed by atoms with Gasteiger partial charge in [0, 0.05) is 36.1 Å². The van der Waals surface area contributed by atoms with Crippen LogP contribution in [0.1, 0.15) is 21.6 Å². The number of esters is 1. The molecule has 27 heavy (non-hydrogen) atoms. The normalized spacial score (nSPS) is 15.1. The number of aromatic nitrogens is 1. The Bertz CT molecular complexity index is 1170. The molecule has 0 saturated heterocycles. The van der Waals surface area contributed by atoms with E-state index in [1.54, 1.807) is 18.2 Å². The van der Waals surface area contributed by atoms with E-state index < -0.39 is 16.0 Å². The monoisotopic (exact) mass is 444 g/mol. The predicted octanol–water partition coefficient (Wildman–Crippen LogP) is 4.07. The summed E-state index contributed by atoms with van der Waals surface area (Å²) in [5.41, 5.74) is 3.08. The van der Waals surface area contributed by atoms with E-state index in [0.717, 1.165) is 33.5 Å². The summed E-state index contributed by atoms with van der Waals surface area (Å²) < 4.78 is 32.7. The molecule has 0 bridgehead atoms. The standard InChI is InChI=1S/C17H14Cl2N2O4S2/c1-25-17(22)9-2-3-12-10(6-9)11-8-21(5-4-13(11)20-12)27(23,24)14-7-15(18)26-16(14)19/h2-3,6-7,20H,4-5,8H2,1H3. The Labute approximate surface area is 169 Å². The van der Waals surface area contributed by atoms with Crippen molar-refractivity contribution in [1.82, 2.24) is 9.29 Å². The highest BCUT2D eigenvalue weighted by atomic mass is 35.5. The van der Waals surface area contributed by atoms with Crippen LogP contribution in [0.3, 0.4) is 0 Å². The van der Waals surface area contributed by atoms with Crippen molar-refractivity contribution < 1.29 is 17.9 Å². The Hall–Kier alpha value is -1.58. The van der Waals surface area contributed by atoms with Crippen LogP contribution in [-0.4, -0.2) is 37.3 Å². The molecule has 1 N–H and O–H groups in total. The van der Waals surface area contributed by atoms with E-state index in [4.69, 9.17) is 27.9 Å². The van der Waals surface area contributed by atoms with Gasteiger partial charge in [0.2, 0.25) is 10.0 Å². The highest BCUT2D eigenvalue weighted by Gasteiger charge is 2.33. The van der Waals surface area contributed by atoms with Crippen molar-refractivity contribution in [3.63, 3.8) is 0 Å². The Morgan fingerprint density at radius 2 is 2.07 bits per heavy atom. The minimum atomic E-state index is -3.77. The van der Waals surface area contributed by atoms with Gasteiger partial charge in [-0.3, -0.25) is 0 Å². The van der Waals surface area contributed by atoms with Crippen molar-refractivity contribution in [2.75, 3.05) is 13.7 Å². The van der Waals surface area contributed by atoms with Gasteiger partial charge in [-0.15, -0.1) is 11.3 Å². The zero-order valence-corrected chi connectivity index (χ0v) is 17.2. The summed E-state index contributed by atoms with van der Waals surface area (Å²) in [5.74, 6) is -0.438. The largest absolute Gasteiger partial charge is 0.465 e. The number of ether oxygens (including phenoxy) is 1. The third-order valence-corrected chi connectivity index (χ3v) is 8.20. The average Bonchev–Trinajstić information content (AvgIpc) is 3.19. The fourth-order valence-corrected chi connectivity index (χ4v) is 6.80. The summed E-state index contributed by atoms with van der Waals surface area (Å²) in [6.45, 7) is 0.516. The molecule has 0 spiro atoms. The van der Waals surface area contributed by atoms with Gasteiger partial charge in [0.25, 0.3) is 0 Å². The number of thiophene rings is 1. The molecule has 6 nitrogen and oxygen atoms in total. The highest BCUT2D eigenvalue weighted by molar-refractivity contribution is 7.89. The molecule has 4 rings (SSSR count). The van der Waals surface area contributed by atoms with Gasteiger partial charge in [0.15, 0.2) is 0 Å². The van der Waals surface area contributed by atoms with Crippen molar-refractivity contribution in [3.8, 4) is 0 Å². The van der Waals surface area contributed by atoms with Crippen molar-refractivity contribution in [3.05, 3.63) is 49.8 Å². The van der Waals surface area contributed by atoms with Crippen LogP contribution < -0.4 is 0 Å². The smallest absolute Gasteiger partial charge is 0.337 e. The lowest BCUT2D eigenvalue weighted by Gasteiger charge is -2.26. The van der Waals surface area contributed by atoms with Gasteiger partial charge in [0.05, 0.1) is 17.0 Å². The highest BCUT2D eigenvalue weighted by Crippen LogP contribution is 2.38. The van der Waals surface area contributed by atoms with E-state index >= 15 is 0 Å². The van der Waals surface area contributed by atoms with Crippen molar-refractivity contribution in [2.45, 2.75) is 17.9 Å². The molecule has 3 aromatic rings. The van der Waals surface area contributed by atoms with E-state index in [1.807, 2.05) is 0 Å². The summed E-state index contributed by atoms with van der Waals surface area (Å²) in [6, 6.07) is 6.58. The van der Waals surface area contributed by atoms with E-state index in [2.05, 4.69) is 4.98 Å². The van der Waals surface area contributed by atoms with Crippen LogP contribution in [0.5, 0.6) is 0 Å². The zero-order chi connectivity index (χ0) is 19.3. The van der Waals surface area contributed by atoms with Crippen molar-refractivity contribution in [2.24, 2.45) is 0 Å². The Morgan fingerprint density at radius 3 is 2.74 bits per heavy atom. The number of H-pyrrole nitrogens is 1. The van der Waals surface area contributed by atoms with Crippen molar-refractivity contribution >= 4 is 61.4 Å². The molecule has 1 aliphatic heterocycles. The van der Waals surface area contributed by atoms with E-state index in [1.165, 1.54) is 17.5 Å². The Kier molecular flexibility index (Phi) is 4.72. The van der Waals surface area contributed by atoms with Gasteiger partial charge in [-0.05, 0) is 29.8 Å². The van der Waals surface area contributed by atoms with Crippen LogP contribution in [-0.2, 0) is 27.7 Å². The van der Waals surface area contributed by atoms with Crippen LogP contribution in [0.15, 0.2) is 29.2 Å². The number of benzene rings is 1. The molecule has 10 heteroatoms. The molecule has 0 radical (unpaired) electrons. The Balaban J connectivity index is 1.75. The van der Waals surface area contributed by atoms with Crippen LogP contribution >= 0.6 is 34.5 Å². The van der Waals surface area contributed by atoms with Gasteiger partial charge in [-0.1, -0.05) is 23.2 Å². The fraction of sp³-hybridized carbons (Fsp3) is 0.235. The third kappa shape index (κ3) is 3.15. The molecule has 0 atom stereocenters. The maximum Gasteiger partial charge on any atom is 0.337 e. The summed E-state index contributed by atoms with van der Waals surface area (Å²) in [4.78, 5) is 15.2. The number of methoxy groups -OCH3 is 1. The van der Waals surface area contributed by atoms with Crippen LogP contribution in [0.2, 0.25) is 8.67 Å². The van der Waals surface area contributed by atoms with Gasteiger partial charge in [-0.2, -0.15) is 4.31 Å².